The maximum absolute atomic E-state index is 12.2. The molecule has 2 amide bonds. The van der Waals surface area contributed by atoms with Gasteiger partial charge in [-0.15, -0.1) is 0 Å². The highest BCUT2D eigenvalue weighted by atomic mass is 32.2. The summed E-state index contributed by atoms with van der Waals surface area (Å²) in [4.78, 5) is 30.8. The van der Waals surface area contributed by atoms with E-state index in [1.165, 1.54) is 37.4 Å². The first-order valence-corrected chi connectivity index (χ1v) is 11.9. The molecule has 2 atom stereocenters. The van der Waals surface area contributed by atoms with Gasteiger partial charge in [-0.25, -0.2) is 4.79 Å². The molecule has 0 aliphatic carbocycles. The van der Waals surface area contributed by atoms with E-state index in [0.717, 1.165) is 52.0 Å². The lowest BCUT2D eigenvalue weighted by atomic mass is 9.87. The van der Waals surface area contributed by atoms with Crippen LogP contribution in [0.4, 0.5) is 9.59 Å². The fraction of sp³-hybridized carbons (Fsp3) is 0.900. The summed E-state index contributed by atoms with van der Waals surface area (Å²) < 4.78 is 5.17. The maximum Gasteiger partial charge on any atom is 0.409 e. The van der Waals surface area contributed by atoms with Crippen LogP contribution in [0.3, 0.4) is 0 Å². The minimum absolute atomic E-state index is 0.156. The van der Waals surface area contributed by atoms with Gasteiger partial charge in [0, 0.05) is 31.7 Å². The Morgan fingerprint density at radius 3 is 2.41 bits per heavy atom. The summed E-state index contributed by atoms with van der Waals surface area (Å²) in [6, 6.07) is 1.04. The average molecular weight is 398 g/mol. The summed E-state index contributed by atoms with van der Waals surface area (Å²) in [5, 5.41) is 0.253. The Morgan fingerprint density at radius 2 is 1.70 bits per heavy atom. The van der Waals surface area contributed by atoms with E-state index in [4.69, 9.17) is 4.74 Å². The molecule has 0 saturated carbocycles. The Balaban J connectivity index is 1.48. The summed E-state index contributed by atoms with van der Waals surface area (Å²) >= 11 is 1.36. The Kier molecular flexibility index (Phi) is 7.70. The highest BCUT2D eigenvalue weighted by Gasteiger charge is 2.37. The second-order valence-corrected chi connectivity index (χ2v) is 8.77. The Labute approximate surface area is 167 Å². The Morgan fingerprint density at radius 1 is 0.963 bits per heavy atom. The van der Waals surface area contributed by atoms with Crippen LogP contribution in [0.5, 0.6) is 0 Å². The van der Waals surface area contributed by atoms with Crippen molar-refractivity contribution in [2.75, 3.05) is 45.6 Å². The van der Waals surface area contributed by atoms with E-state index >= 15 is 0 Å². The molecule has 3 heterocycles. The van der Waals surface area contributed by atoms with E-state index < -0.39 is 0 Å². The van der Waals surface area contributed by atoms with Gasteiger partial charge >= 0.3 is 6.09 Å². The molecule has 3 aliphatic heterocycles. The van der Waals surface area contributed by atoms with Crippen molar-refractivity contribution in [2.24, 2.45) is 5.92 Å². The number of amides is 2. The van der Waals surface area contributed by atoms with Gasteiger partial charge in [-0.05, 0) is 77.1 Å². The molecule has 0 N–H and O–H groups in total. The summed E-state index contributed by atoms with van der Waals surface area (Å²) in [5.41, 5.74) is 0. The molecule has 0 radical (unpaired) electrons. The van der Waals surface area contributed by atoms with E-state index in [9.17, 15) is 9.59 Å². The summed E-state index contributed by atoms with van der Waals surface area (Å²) in [6.45, 7) is 7.14. The molecule has 0 bridgehead atoms. The van der Waals surface area contributed by atoms with Crippen LogP contribution in [0.1, 0.15) is 51.9 Å². The van der Waals surface area contributed by atoms with Gasteiger partial charge < -0.3 is 19.4 Å². The molecular weight excluding hydrogens is 362 g/mol. The lowest BCUT2D eigenvalue weighted by Gasteiger charge is -2.41. The van der Waals surface area contributed by atoms with Crippen LogP contribution in [0.15, 0.2) is 0 Å². The van der Waals surface area contributed by atoms with Crippen LogP contribution in [0.25, 0.3) is 0 Å². The van der Waals surface area contributed by atoms with Crippen molar-refractivity contribution in [3.05, 3.63) is 0 Å². The normalized spacial score (nSPS) is 28.2. The van der Waals surface area contributed by atoms with Crippen molar-refractivity contribution >= 4 is 23.1 Å². The number of hydrogen-bond donors (Lipinski definition) is 0. The predicted octanol–water partition coefficient (Wildman–Crippen LogP) is 3.66. The first-order valence-electron chi connectivity index (χ1n) is 10.6. The molecule has 0 spiro atoms. The van der Waals surface area contributed by atoms with Crippen molar-refractivity contribution in [2.45, 2.75) is 64.0 Å². The Bertz CT molecular complexity index is 511. The molecular formula is C20H35N3O3S. The zero-order valence-corrected chi connectivity index (χ0v) is 17.7. The first kappa shape index (κ1) is 20.8. The minimum atomic E-state index is -0.156. The van der Waals surface area contributed by atoms with Gasteiger partial charge in [0.1, 0.15) is 0 Å². The molecule has 2 unspecified atom stereocenters. The number of ether oxygens (including phenoxy) is 1. The van der Waals surface area contributed by atoms with Gasteiger partial charge in [-0.1, -0.05) is 11.8 Å². The number of likely N-dealkylation sites (tertiary alicyclic amines) is 3. The van der Waals surface area contributed by atoms with Crippen molar-refractivity contribution in [3.63, 3.8) is 0 Å². The third-order valence-electron chi connectivity index (χ3n) is 6.57. The number of rotatable bonds is 3. The zero-order chi connectivity index (χ0) is 19.2. The standard InChI is InChI=1S/C20H35N3O3S/c1-3-26-19(24)22-11-4-6-17(10-15-22)21-13-8-16(9-14-21)18-7-5-12-23(18)20(25)27-2/h16-18H,3-15H2,1-2H3. The van der Waals surface area contributed by atoms with E-state index in [1.807, 2.05) is 18.1 Å². The van der Waals surface area contributed by atoms with Crippen LogP contribution in [0, 0.1) is 5.92 Å². The van der Waals surface area contributed by atoms with E-state index in [1.54, 1.807) is 0 Å². The second kappa shape index (κ2) is 10.0. The number of carbonyl (C=O) groups is 2. The van der Waals surface area contributed by atoms with Crippen LogP contribution in [0.2, 0.25) is 0 Å². The lowest BCUT2D eigenvalue weighted by molar-refractivity contribution is 0.0888. The Hall–Kier alpha value is -0.950. The average Bonchev–Trinajstić information content (AvgIpc) is 3.05. The van der Waals surface area contributed by atoms with Crippen LogP contribution in [-0.2, 0) is 4.74 Å². The maximum atomic E-state index is 12.2. The van der Waals surface area contributed by atoms with Gasteiger partial charge in [-0.2, -0.15) is 0 Å². The minimum Gasteiger partial charge on any atom is -0.450 e. The van der Waals surface area contributed by atoms with Crippen LogP contribution >= 0.6 is 11.8 Å². The van der Waals surface area contributed by atoms with Gasteiger partial charge in [0.15, 0.2) is 0 Å². The van der Waals surface area contributed by atoms with Gasteiger partial charge in [-0.3, -0.25) is 4.79 Å². The molecule has 0 aromatic rings. The third-order valence-corrected chi connectivity index (χ3v) is 7.15. The highest BCUT2D eigenvalue weighted by Crippen LogP contribution is 2.34. The van der Waals surface area contributed by atoms with Crippen LogP contribution < -0.4 is 0 Å². The van der Waals surface area contributed by atoms with Crippen molar-refractivity contribution in [1.82, 2.24) is 14.7 Å². The fourth-order valence-corrected chi connectivity index (χ4v) is 5.60. The van der Waals surface area contributed by atoms with E-state index in [0.29, 0.717) is 24.6 Å². The predicted molar refractivity (Wildman–Crippen MR) is 109 cm³/mol. The molecule has 7 heteroatoms. The number of carbonyl (C=O) groups excluding carboxylic acids is 2. The molecule has 0 aromatic heterocycles. The number of hydrogen-bond acceptors (Lipinski definition) is 5. The fourth-order valence-electron chi connectivity index (χ4n) is 5.14. The molecule has 154 valence electrons. The third kappa shape index (κ3) is 5.11. The number of piperidine rings is 1. The topological polar surface area (TPSA) is 53.1 Å². The smallest absolute Gasteiger partial charge is 0.409 e. The quantitative estimate of drug-likeness (QED) is 0.727. The highest BCUT2D eigenvalue weighted by molar-refractivity contribution is 8.12. The summed E-state index contributed by atoms with van der Waals surface area (Å²) in [6.07, 6.45) is 9.73. The monoisotopic (exact) mass is 397 g/mol. The van der Waals surface area contributed by atoms with Gasteiger partial charge in [0.25, 0.3) is 5.24 Å². The summed E-state index contributed by atoms with van der Waals surface area (Å²) in [7, 11) is 0. The van der Waals surface area contributed by atoms with Crippen LogP contribution in [-0.4, -0.2) is 83.7 Å². The molecule has 0 aromatic carbocycles. The van der Waals surface area contributed by atoms with E-state index in [-0.39, 0.29) is 11.3 Å². The molecule has 27 heavy (non-hydrogen) atoms. The van der Waals surface area contributed by atoms with Gasteiger partial charge in [0.05, 0.1) is 6.61 Å². The molecule has 6 nitrogen and oxygen atoms in total. The van der Waals surface area contributed by atoms with Crippen molar-refractivity contribution in [3.8, 4) is 0 Å². The lowest BCUT2D eigenvalue weighted by Crippen LogP contribution is -2.47. The van der Waals surface area contributed by atoms with Gasteiger partial charge in [0.2, 0.25) is 0 Å². The SMILES string of the molecule is CCOC(=O)N1CCCC(N2CCC(C3CCCN3C(=O)SC)CC2)CC1. The number of thioether (sulfide) groups is 1. The molecule has 3 fully saturated rings. The largest absolute Gasteiger partial charge is 0.450 e. The van der Waals surface area contributed by atoms with Crippen molar-refractivity contribution < 1.29 is 14.3 Å². The molecule has 3 rings (SSSR count). The van der Waals surface area contributed by atoms with E-state index in [2.05, 4.69) is 9.80 Å². The molecule has 3 saturated heterocycles. The molecule has 3 aliphatic rings. The van der Waals surface area contributed by atoms with Crippen molar-refractivity contribution in [1.29, 1.82) is 0 Å². The zero-order valence-electron chi connectivity index (χ0n) is 16.9. The first-order chi connectivity index (χ1) is 13.1. The number of nitrogens with zero attached hydrogens (tertiary/aromatic N) is 3. The summed E-state index contributed by atoms with van der Waals surface area (Å²) in [5.74, 6) is 0.654. The second-order valence-electron chi connectivity index (χ2n) is 8.02.